The van der Waals surface area contributed by atoms with Gasteiger partial charge in [0, 0.05) is 9.75 Å². The lowest BCUT2D eigenvalue weighted by molar-refractivity contribution is 0.0945. The summed E-state index contributed by atoms with van der Waals surface area (Å²) < 4.78 is 0. The van der Waals surface area contributed by atoms with Gasteiger partial charge in [0.2, 0.25) is 0 Å². The van der Waals surface area contributed by atoms with Gasteiger partial charge >= 0.3 is 0 Å². The fourth-order valence-corrected chi connectivity index (χ4v) is 2.20. The zero-order valence-electron chi connectivity index (χ0n) is 9.80. The molecule has 0 aliphatic heterocycles. The Bertz CT molecular complexity index is 537. The lowest BCUT2D eigenvalue weighted by Crippen LogP contribution is -2.24. The minimum atomic E-state index is -0.253. The van der Waals surface area contributed by atoms with Gasteiger partial charge in [-0.2, -0.15) is 0 Å². The van der Waals surface area contributed by atoms with Crippen LogP contribution in [0.2, 0.25) is 0 Å². The van der Waals surface area contributed by atoms with Gasteiger partial charge < -0.3 is 10.7 Å². The Morgan fingerprint density at radius 2 is 2.17 bits per heavy atom. The average Bonchev–Trinajstić information content (AvgIpc) is 2.82. The molecule has 7 heteroatoms. The summed E-state index contributed by atoms with van der Waals surface area (Å²) in [5.74, 6) is 5.33. The number of nitrogens with two attached hydrogens (primary N) is 1. The third-order valence-electron chi connectivity index (χ3n) is 2.26. The van der Waals surface area contributed by atoms with Crippen molar-refractivity contribution >= 4 is 23.1 Å². The molecule has 0 aliphatic carbocycles. The van der Waals surface area contributed by atoms with Gasteiger partial charge in [0.05, 0.1) is 6.54 Å². The average molecular weight is 263 g/mol. The highest BCUT2D eigenvalue weighted by Crippen LogP contribution is 2.14. The molecule has 2 heterocycles. The second-order valence-electron chi connectivity index (χ2n) is 3.64. The quantitative estimate of drug-likeness (QED) is 0.566. The molecule has 0 fully saturated rings. The van der Waals surface area contributed by atoms with Crippen molar-refractivity contribution in [3.8, 4) is 0 Å². The summed E-state index contributed by atoms with van der Waals surface area (Å²) in [6.45, 7) is 2.52. The molecule has 94 valence electrons. The third-order valence-corrected chi connectivity index (χ3v) is 3.26. The maximum atomic E-state index is 11.8. The molecule has 0 unspecified atom stereocenters. The van der Waals surface area contributed by atoms with Crippen molar-refractivity contribution in [2.45, 2.75) is 13.5 Å². The van der Waals surface area contributed by atoms with Gasteiger partial charge in [0.1, 0.15) is 0 Å². The Morgan fingerprint density at radius 1 is 1.33 bits per heavy atom. The number of nitrogen functional groups attached to an aromatic ring is 1. The number of aromatic nitrogens is 2. The predicted molar refractivity (Wildman–Crippen MR) is 70.1 cm³/mol. The number of carbonyl (C=O) groups excluding carboxylic acids is 1. The van der Waals surface area contributed by atoms with E-state index in [4.69, 9.17) is 5.84 Å². The van der Waals surface area contributed by atoms with E-state index in [1.807, 2.05) is 19.1 Å². The summed E-state index contributed by atoms with van der Waals surface area (Å²) in [5.41, 5.74) is 2.62. The number of carbonyl (C=O) groups is 1. The number of aryl methyl sites for hydroxylation is 1. The minimum Gasteiger partial charge on any atom is -0.346 e. The molecule has 0 saturated heterocycles. The van der Waals surface area contributed by atoms with Gasteiger partial charge in [-0.1, -0.05) is 0 Å². The fraction of sp³-hybridized carbons (Fsp3) is 0.182. The van der Waals surface area contributed by atoms with E-state index < -0.39 is 0 Å². The second-order valence-corrected chi connectivity index (χ2v) is 5.02. The zero-order valence-corrected chi connectivity index (χ0v) is 10.6. The first-order valence-electron chi connectivity index (χ1n) is 5.33. The van der Waals surface area contributed by atoms with Gasteiger partial charge in [0.25, 0.3) is 5.91 Å². The van der Waals surface area contributed by atoms with Crippen LogP contribution in [0.25, 0.3) is 0 Å². The van der Waals surface area contributed by atoms with Gasteiger partial charge in [-0.3, -0.25) is 4.79 Å². The summed E-state index contributed by atoms with van der Waals surface area (Å²) in [7, 11) is 0. The Morgan fingerprint density at radius 3 is 2.72 bits per heavy atom. The molecule has 1 amide bonds. The molecule has 2 aromatic rings. The van der Waals surface area contributed by atoms with E-state index in [0.717, 1.165) is 4.88 Å². The normalized spacial score (nSPS) is 10.1. The van der Waals surface area contributed by atoms with Gasteiger partial charge in [-0.15, -0.1) is 21.5 Å². The van der Waals surface area contributed by atoms with E-state index in [-0.39, 0.29) is 11.6 Å². The number of thiophene rings is 1. The molecule has 6 nitrogen and oxygen atoms in total. The summed E-state index contributed by atoms with van der Waals surface area (Å²) in [4.78, 5) is 14.1. The molecule has 2 rings (SSSR count). The number of hydrogen-bond acceptors (Lipinski definition) is 6. The van der Waals surface area contributed by atoms with Crippen LogP contribution in [-0.2, 0) is 6.54 Å². The Labute approximate surface area is 108 Å². The first kappa shape index (κ1) is 12.5. The highest BCUT2D eigenvalue weighted by Gasteiger charge is 2.08. The molecular formula is C11H13N5OS. The highest BCUT2D eigenvalue weighted by molar-refractivity contribution is 7.11. The molecule has 0 saturated carbocycles. The van der Waals surface area contributed by atoms with Crippen molar-refractivity contribution in [1.29, 1.82) is 0 Å². The van der Waals surface area contributed by atoms with Crippen molar-refractivity contribution in [3.63, 3.8) is 0 Å². The predicted octanol–water partition coefficient (Wildman–Crippen LogP) is 1.06. The monoisotopic (exact) mass is 263 g/mol. The van der Waals surface area contributed by atoms with Crippen molar-refractivity contribution in [2.24, 2.45) is 5.84 Å². The number of hydrogen-bond donors (Lipinski definition) is 3. The zero-order chi connectivity index (χ0) is 13.0. The van der Waals surface area contributed by atoms with Gasteiger partial charge in [-0.25, -0.2) is 5.84 Å². The third kappa shape index (κ3) is 3.02. The summed E-state index contributed by atoms with van der Waals surface area (Å²) >= 11 is 1.65. The Hall–Kier alpha value is -1.99. The number of amides is 1. The molecule has 2 aromatic heterocycles. The van der Waals surface area contributed by atoms with Crippen LogP contribution in [0.3, 0.4) is 0 Å². The van der Waals surface area contributed by atoms with E-state index >= 15 is 0 Å². The molecule has 0 aromatic carbocycles. The van der Waals surface area contributed by atoms with Crippen molar-refractivity contribution < 1.29 is 4.79 Å². The molecule has 0 spiro atoms. The van der Waals surface area contributed by atoms with Crippen molar-refractivity contribution in [1.82, 2.24) is 15.5 Å². The molecule has 0 radical (unpaired) electrons. The van der Waals surface area contributed by atoms with Crippen LogP contribution in [0.4, 0.5) is 5.82 Å². The van der Waals surface area contributed by atoms with Crippen molar-refractivity contribution in [3.05, 3.63) is 39.7 Å². The smallest absolute Gasteiger partial charge is 0.272 e. The summed E-state index contributed by atoms with van der Waals surface area (Å²) in [6, 6.07) is 7.18. The van der Waals surface area contributed by atoms with Crippen molar-refractivity contribution in [2.75, 3.05) is 5.43 Å². The minimum absolute atomic E-state index is 0.253. The summed E-state index contributed by atoms with van der Waals surface area (Å²) in [5, 5.41) is 10.3. The molecule has 18 heavy (non-hydrogen) atoms. The van der Waals surface area contributed by atoms with Gasteiger partial charge in [-0.05, 0) is 31.2 Å². The molecule has 4 N–H and O–H groups in total. The largest absolute Gasteiger partial charge is 0.346 e. The second kappa shape index (κ2) is 5.56. The topological polar surface area (TPSA) is 92.9 Å². The highest BCUT2D eigenvalue weighted by atomic mass is 32.1. The molecule has 0 bridgehead atoms. The summed E-state index contributed by atoms with van der Waals surface area (Å²) in [6.07, 6.45) is 0. The lowest BCUT2D eigenvalue weighted by Gasteiger charge is -2.03. The molecular weight excluding hydrogens is 250 g/mol. The number of nitrogens with zero attached hydrogens (tertiary/aromatic N) is 2. The SMILES string of the molecule is Cc1ccc(CNC(=O)c2ccc(NN)nn2)s1. The van der Waals surface area contributed by atoms with E-state index in [0.29, 0.717) is 12.4 Å². The van der Waals surface area contributed by atoms with Crippen LogP contribution in [0.1, 0.15) is 20.2 Å². The van der Waals surface area contributed by atoms with Crippen LogP contribution >= 0.6 is 11.3 Å². The van der Waals surface area contributed by atoms with E-state index in [9.17, 15) is 4.79 Å². The maximum Gasteiger partial charge on any atom is 0.272 e. The Kier molecular flexibility index (Phi) is 3.85. The van der Waals surface area contributed by atoms with Crippen LogP contribution < -0.4 is 16.6 Å². The first-order valence-corrected chi connectivity index (χ1v) is 6.14. The van der Waals surface area contributed by atoms with E-state index in [1.54, 1.807) is 23.5 Å². The molecule has 0 aliphatic rings. The maximum absolute atomic E-state index is 11.8. The number of anilines is 1. The first-order chi connectivity index (χ1) is 8.69. The number of hydrazine groups is 1. The van der Waals surface area contributed by atoms with Crippen LogP contribution in [0.5, 0.6) is 0 Å². The Balaban J connectivity index is 1.94. The number of nitrogens with one attached hydrogen (secondary N) is 2. The standard InChI is InChI=1S/C11H13N5OS/c1-7-2-3-8(18-7)6-13-11(17)9-4-5-10(14-12)16-15-9/h2-5H,6,12H2,1H3,(H,13,17)(H,14,16). The van der Waals surface area contributed by atoms with E-state index in [2.05, 4.69) is 20.9 Å². The fourth-order valence-electron chi connectivity index (χ4n) is 1.37. The van der Waals surface area contributed by atoms with Gasteiger partial charge in [0.15, 0.2) is 11.5 Å². The molecule has 0 atom stereocenters. The van der Waals surface area contributed by atoms with Crippen LogP contribution in [0, 0.1) is 6.92 Å². The van der Waals surface area contributed by atoms with E-state index in [1.165, 1.54) is 4.88 Å². The number of rotatable bonds is 4. The lowest BCUT2D eigenvalue weighted by atomic mass is 10.3. The van der Waals surface area contributed by atoms with Crippen LogP contribution in [0.15, 0.2) is 24.3 Å². The van der Waals surface area contributed by atoms with Crippen LogP contribution in [-0.4, -0.2) is 16.1 Å².